The van der Waals surface area contributed by atoms with E-state index in [0.29, 0.717) is 13.2 Å². The predicted octanol–water partition coefficient (Wildman–Crippen LogP) is 1.91. The number of aromatic carboxylic acids is 1. The van der Waals surface area contributed by atoms with E-state index in [-0.39, 0.29) is 17.1 Å². The molecule has 0 unspecified atom stereocenters. The number of carbonyl (C=O) groups is 1. The van der Waals surface area contributed by atoms with E-state index in [9.17, 15) is 14.9 Å². The smallest absolute Gasteiger partial charge is 0.337 e. The number of hydrogen-bond donors (Lipinski definition) is 2. The molecule has 0 amide bonds. The number of pyridine rings is 1. The average Bonchev–Trinajstić information content (AvgIpc) is 2.36. The molecule has 1 rings (SSSR count). The van der Waals surface area contributed by atoms with Crippen molar-refractivity contribution in [3.8, 4) is 0 Å². The molecule has 1 aromatic heterocycles. The van der Waals surface area contributed by atoms with Gasteiger partial charge in [-0.05, 0) is 20.8 Å². The number of carboxylic acids is 1. The van der Waals surface area contributed by atoms with Crippen LogP contribution in [0.4, 0.5) is 11.5 Å². The van der Waals surface area contributed by atoms with E-state index in [1.807, 2.05) is 20.8 Å². The molecule has 0 fully saturated rings. The van der Waals surface area contributed by atoms with Crippen molar-refractivity contribution in [2.75, 3.05) is 18.5 Å². The molecule has 8 nitrogen and oxygen atoms in total. The van der Waals surface area contributed by atoms with E-state index in [1.54, 1.807) is 0 Å². The Morgan fingerprint density at radius 2 is 2.25 bits per heavy atom. The van der Waals surface area contributed by atoms with Crippen LogP contribution in [0.25, 0.3) is 0 Å². The second kappa shape index (κ2) is 6.29. The van der Waals surface area contributed by atoms with Gasteiger partial charge in [-0.15, -0.1) is 0 Å². The van der Waals surface area contributed by atoms with Gasteiger partial charge in [0, 0.05) is 25.4 Å². The van der Waals surface area contributed by atoms with Crippen molar-refractivity contribution in [3.05, 3.63) is 27.9 Å². The Labute approximate surface area is 115 Å². The molecule has 0 saturated heterocycles. The van der Waals surface area contributed by atoms with E-state index < -0.39 is 16.5 Å². The van der Waals surface area contributed by atoms with Gasteiger partial charge in [0.15, 0.2) is 0 Å². The molecule has 8 heteroatoms. The van der Waals surface area contributed by atoms with Crippen LogP contribution in [-0.4, -0.2) is 39.7 Å². The van der Waals surface area contributed by atoms with Crippen LogP contribution in [-0.2, 0) is 4.74 Å². The lowest BCUT2D eigenvalue weighted by atomic mass is 10.1. The van der Waals surface area contributed by atoms with Gasteiger partial charge in [-0.25, -0.2) is 9.78 Å². The molecule has 0 atom stereocenters. The molecule has 0 aliphatic carbocycles. The third kappa shape index (κ3) is 4.16. The first kappa shape index (κ1) is 15.8. The normalized spacial score (nSPS) is 11.2. The first-order chi connectivity index (χ1) is 9.26. The number of anilines is 1. The number of nitrogens with one attached hydrogen (secondary N) is 1. The Balaban J connectivity index is 2.95. The number of rotatable bonds is 7. The van der Waals surface area contributed by atoms with Gasteiger partial charge in [0.2, 0.25) is 5.82 Å². The molecule has 0 aromatic carbocycles. The minimum atomic E-state index is -1.26. The summed E-state index contributed by atoms with van der Waals surface area (Å²) in [7, 11) is 0. The molecule has 0 saturated carbocycles. The number of carboxylic acid groups (broad SMARTS) is 1. The topological polar surface area (TPSA) is 115 Å². The molecular weight excluding hydrogens is 266 g/mol. The Morgan fingerprint density at radius 3 is 2.75 bits per heavy atom. The maximum atomic E-state index is 10.9. The zero-order valence-corrected chi connectivity index (χ0v) is 11.5. The van der Waals surface area contributed by atoms with Crippen molar-refractivity contribution in [2.24, 2.45) is 0 Å². The summed E-state index contributed by atoms with van der Waals surface area (Å²) < 4.78 is 5.46. The predicted molar refractivity (Wildman–Crippen MR) is 72.0 cm³/mol. The second-order valence-corrected chi connectivity index (χ2v) is 4.70. The van der Waals surface area contributed by atoms with Gasteiger partial charge in [0.05, 0.1) is 16.1 Å². The average molecular weight is 283 g/mol. The minimum absolute atomic E-state index is 0.0211. The summed E-state index contributed by atoms with van der Waals surface area (Å²) in [6.07, 6.45) is 1.07. The first-order valence-electron chi connectivity index (χ1n) is 6.02. The molecule has 0 spiro atoms. The Hall–Kier alpha value is -2.22. The van der Waals surface area contributed by atoms with E-state index in [2.05, 4.69) is 10.3 Å². The summed E-state index contributed by atoms with van der Waals surface area (Å²) in [6, 6.07) is 0.978. The molecule has 2 N–H and O–H groups in total. The van der Waals surface area contributed by atoms with Crippen LogP contribution < -0.4 is 5.32 Å². The summed E-state index contributed by atoms with van der Waals surface area (Å²) in [6.45, 7) is 6.34. The van der Waals surface area contributed by atoms with Gasteiger partial charge in [0.25, 0.3) is 0 Å². The number of nitrogens with zero attached hydrogens (tertiary/aromatic N) is 2. The molecule has 1 heterocycles. The van der Waals surface area contributed by atoms with Crippen molar-refractivity contribution in [2.45, 2.75) is 26.4 Å². The summed E-state index contributed by atoms with van der Waals surface area (Å²) >= 11 is 0. The fourth-order valence-corrected chi connectivity index (χ4v) is 1.58. The molecule has 0 radical (unpaired) electrons. The largest absolute Gasteiger partial charge is 0.478 e. The number of hydrogen-bond acceptors (Lipinski definition) is 6. The van der Waals surface area contributed by atoms with E-state index >= 15 is 0 Å². The highest BCUT2D eigenvalue weighted by Crippen LogP contribution is 2.23. The Morgan fingerprint density at radius 1 is 1.60 bits per heavy atom. The fraction of sp³-hybridized carbons (Fsp3) is 0.500. The maximum Gasteiger partial charge on any atom is 0.337 e. The van der Waals surface area contributed by atoms with Gasteiger partial charge >= 0.3 is 11.7 Å². The SMILES string of the molecule is CCOC(C)(C)CNc1ncc(C(=O)O)cc1[N+](=O)[O-]. The third-order valence-corrected chi connectivity index (χ3v) is 2.53. The van der Waals surface area contributed by atoms with Gasteiger partial charge in [-0.1, -0.05) is 0 Å². The minimum Gasteiger partial charge on any atom is -0.478 e. The number of aromatic nitrogens is 1. The fourth-order valence-electron chi connectivity index (χ4n) is 1.58. The molecule has 1 aromatic rings. The highest BCUT2D eigenvalue weighted by Gasteiger charge is 2.22. The van der Waals surface area contributed by atoms with Crippen molar-refractivity contribution in [3.63, 3.8) is 0 Å². The zero-order valence-electron chi connectivity index (χ0n) is 11.5. The van der Waals surface area contributed by atoms with Gasteiger partial charge in [0.1, 0.15) is 0 Å². The highest BCUT2D eigenvalue weighted by atomic mass is 16.6. The van der Waals surface area contributed by atoms with Gasteiger partial charge < -0.3 is 15.2 Å². The number of ether oxygens (including phenoxy) is 1. The third-order valence-electron chi connectivity index (χ3n) is 2.53. The van der Waals surface area contributed by atoms with Crippen LogP contribution in [0.2, 0.25) is 0 Å². The van der Waals surface area contributed by atoms with E-state index in [0.717, 1.165) is 12.3 Å². The number of nitro groups is 1. The lowest BCUT2D eigenvalue weighted by Gasteiger charge is -2.25. The van der Waals surface area contributed by atoms with Gasteiger partial charge in [-0.2, -0.15) is 0 Å². The second-order valence-electron chi connectivity index (χ2n) is 4.70. The molecular formula is C12H17N3O5. The molecule has 0 aliphatic heterocycles. The lowest BCUT2D eigenvalue weighted by molar-refractivity contribution is -0.384. The molecule has 0 aliphatic rings. The summed E-state index contributed by atoms with van der Waals surface area (Å²) in [5.74, 6) is -1.24. The Kier molecular flexibility index (Phi) is 4.98. The van der Waals surface area contributed by atoms with Crippen LogP contribution in [0.5, 0.6) is 0 Å². The molecule has 0 bridgehead atoms. The standard InChI is InChI=1S/C12H17N3O5/c1-4-20-12(2,3)7-14-10-9(15(18)19)5-8(6-13-10)11(16)17/h5-6H,4,7H2,1-3H3,(H,13,14)(H,16,17). The maximum absolute atomic E-state index is 10.9. The van der Waals surface area contributed by atoms with Crippen LogP contribution in [0.3, 0.4) is 0 Å². The Bertz CT molecular complexity index is 516. The van der Waals surface area contributed by atoms with Crippen LogP contribution in [0.15, 0.2) is 12.3 Å². The van der Waals surface area contributed by atoms with Crippen LogP contribution in [0.1, 0.15) is 31.1 Å². The van der Waals surface area contributed by atoms with Crippen molar-refractivity contribution < 1.29 is 19.6 Å². The lowest BCUT2D eigenvalue weighted by Crippen LogP contribution is -2.33. The first-order valence-corrected chi connectivity index (χ1v) is 6.02. The van der Waals surface area contributed by atoms with Gasteiger partial charge in [-0.3, -0.25) is 10.1 Å². The zero-order chi connectivity index (χ0) is 15.3. The monoisotopic (exact) mass is 283 g/mol. The van der Waals surface area contributed by atoms with Crippen LogP contribution in [0, 0.1) is 10.1 Å². The van der Waals surface area contributed by atoms with Crippen molar-refractivity contribution in [1.82, 2.24) is 4.98 Å². The molecule has 110 valence electrons. The molecule has 20 heavy (non-hydrogen) atoms. The van der Waals surface area contributed by atoms with Crippen molar-refractivity contribution in [1.29, 1.82) is 0 Å². The van der Waals surface area contributed by atoms with Crippen molar-refractivity contribution >= 4 is 17.5 Å². The highest BCUT2D eigenvalue weighted by molar-refractivity contribution is 5.88. The van der Waals surface area contributed by atoms with Crippen LogP contribution >= 0.6 is 0 Å². The summed E-state index contributed by atoms with van der Waals surface area (Å²) in [5.41, 5.74) is -1.13. The quantitative estimate of drug-likeness (QED) is 0.580. The summed E-state index contributed by atoms with van der Waals surface area (Å²) in [5, 5.41) is 22.6. The van der Waals surface area contributed by atoms with E-state index in [1.165, 1.54) is 0 Å². The summed E-state index contributed by atoms with van der Waals surface area (Å²) in [4.78, 5) is 24.9. The van der Waals surface area contributed by atoms with E-state index in [4.69, 9.17) is 9.84 Å².